The van der Waals surface area contributed by atoms with E-state index in [0.29, 0.717) is 21.8 Å². The summed E-state index contributed by atoms with van der Waals surface area (Å²) in [7, 11) is 1.91. The number of fused-ring (bicyclic) bond motifs is 2. The molecule has 0 atom stereocenters. The molecule has 0 saturated carbocycles. The van der Waals surface area contributed by atoms with Crippen molar-refractivity contribution in [3.8, 4) is 0 Å². The third-order valence-corrected chi connectivity index (χ3v) is 4.67. The molecule has 3 aromatic rings. The minimum Gasteiger partial charge on any atom is -0.346 e. The summed E-state index contributed by atoms with van der Waals surface area (Å²) in [6.45, 7) is 1.90. The van der Waals surface area contributed by atoms with Gasteiger partial charge >= 0.3 is 0 Å². The Labute approximate surface area is 137 Å². The van der Waals surface area contributed by atoms with E-state index in [4.69, 9.17) is 11.6 Å². The van der Waals surface area contributed by atoms with Gasteiger partial charge in [0.15, 0.2) is 0 Å². The number of hydrogen-bond donors (Lipinski definition) is 0. The SMILES string of the molecule is Cc1c(N2C(=O)c3ccccc3C2=O)c2cc(Cl)ccc2n1C. The number of nitrogens with zero attached hydrogens (tertiary/aromatic N) is 2. The fourth-order valence-corrected chi connectivity index (χ4v) is 3.37. The van der Waals surface area contributed by atoms with Crippen molar-refractivity contribution in [1.82, 2.24) is 4.57 Å². The molecule has 23 heavy (non-hydrogen) atoms. The molecular formula is C18H13ClN2O2. The zero-order valence-electron chi connectivity index (χ0n) is 12.6. The lowest BCUT2D eigenvalue weighted by Gasteiger charge is -2.14. The fraction of sp³-hybridized carbons (Fsp3) is 0.111. The Balaban J connectivity index is 2.01. The molecule has 0 fully saturated rings. The molecule has 0 unspecified atom stereocenters. The molecule has 2 amide bonds. The third-order valence-electron chi connectivity index (χ3n) is 4.44. The minimum absolute atomic E-state index is 0.291. The zero-order chi connectivity index (χ0) is 16.3. The first-order valence-corrected chi connectivity index (χ1v) is 7.61. The predicted molar refractivity (Wildman–Crippen MR) is 90.2 cm³/mol. The number of halogens is 1. The number of anilines is 1. The van der Waals surface area contributed by atoms with Crippen molar-refractivity contribution in [3.05, 3.63) is 64.3 Å². The van der Waals surface area contributed by atoms with E-state index in [1.54, 1.807) is 36.4 Å². The lowest BCUT2D eigenvalue weighted by molar-refractivity contribution is 0.0926. The van der Waals surface area contributed by atoms with Crippen molar-refractivity contribution in [2.24, 2.45) is 7.05 Å². The first-order chi connectivity index (χ1) is 11.0. The normalized spacial score (nSPS) is 14.0. The highest BCUT2D eigenvalue weighted by molar-refractivity contribution is 6.37. The minimum atomic E-state index is -0.291. The summed E-state index contributed by atoms with van der Waals surface area (Å²) in [6, 6.07) is 12.4. The maximum Gasteiger partial charge on any atom is 0.266 e. The van der Waals surface area contributed by atoms with Crippen LogP contribution in [0.2, 0.25) is 5.02 Å². The van der Waals surface area contributed by atoms with Gasteiger partial charge in [0.1, 0.15) is 0 Å². The molecule has 2 heterocycles. The van der Waals surface area contributed by atoms with Gasteiger partial charge in [-0.1, -0.05) is 23.7 Å². The average Bonchev–Trinajstić information content (AvgIpc) is 2.93. The van der Waals surface area contributed by atoms with Gasteiger partial charge in [-0.15, -0.1) is 0 Å². The van der Waals surface area contributed by atoms with Crippen LogP contribution in [0.15, 0.2) is 42.5 Å². The number of carbonyl (C=O) groups excluding carboxylic acids is 2. The number of aryl methyl sites for hydroxylation is 1. The van der Waals surface area contributed by atoms with Crippen LogP contribution in [0.3, 0.4) is 0 Å². The van der Waals surface area contributed by atoms with E-state index in [9.17, 15) is 9.59 Å². The Kier molecular flexibility index (Phi) is 2.87. The van der Waals surface area contributed by atoms with Crippen molar-refractivity contribution >= 4 is 40.0 Å². The van der Waals surface area contributed by atoms with Crippen LogP contribution >= 0.6 is 11.6 Å². The second kappa shape index (κ2) is 4.70. The lowest BCUT2D eigenvalue weighted by Crippen LogP contribution is -2.29. The van der Waals surface area contributed by atoms with E-state index in [1.165, 1.54) is 4.90 Å². The Hall–Kier alpha value is -2.59. The fourth-order valence-electron chi connectivity index (χ4n) is 3.20. The van der Waals surface area contributed by atoms with Crippen LogP contribution < -0.4 is 4.90 Å². The van der Waals surface area contributed by atoms with Crippen LogP contribution in [-0.4, -0.2) is 16.4 Å². The van der Waals surface area contributed by atoms with Crippen molar-refractivity contribution in [1.29, 1.82) is 0 Å². The highest BCUT2D eigenvalue weighted by Gasteiger charge is 2.38. The molecule has 1 aliphatic rings. The van der Waals surface area contributed by atoms with Crippen molar-refractivity contribution in [2.75, 3.05) is 4.90 Å². The van der Waals surface area contributed by atoms with Crippen LogP contribution in [0.4, 0.5) is 5.69 Å². The number of hydrogen-bond acceptors (Lipinski definition) is 2. The van der Waals surface area contributed by atoms with Gasteiger partial charge in [-0.2, -0.15) is 0 Å². The number of carbonyl (C=O) groups is 2. The maximum atomic E-state index is 12.8. The number of benzene rings is 2. The smallest absolute Gasteiger partial charge is 0.266 e. The third kappa shape index (κ3) is 1.79. The number of rotatable bonds is 1. The largest absolute Gasteiger partial charge is 0.346 e. The Bertz CT molecular complexity index is 969. The van der Waals surface area contributed by atoms with Gasteiger partial charge in [0.05, 0.1) is 22.3 Å². The summed E-state index contributed by atoms with van der Waals surface area (Å²) < 4.78 is 1.96. The quantitative estimate of drug-likeness (QED) is 0.636. The van der Waals surface area contributed by atoms with Crippen molar-refractivity contribution in [2.45, 2.75) is 6.92 Å². The monoisotopic (exact) mass is 324 g/mol. The molecule has 0 spiro atoms. The van der Waals surface area contributed by atoms with Crippen LogP contribution in [-0.2, 0) is 7.05 Å². The molecule has 0 bridgehead atoms. The molecule has 1 aromatic heterocycles. The first-order valence-electron chi connectivity index (χ1n) is 7.23. The molecule has 4 rings (SSSR count). The highest BCUT2D eigenvalue weighted by atomic mass is 35.5. The molecule has 5 heteroatoms. The molecule has 0 aliphatic carbocycles. The van der Waals surface area contributed by atoms with Gasteiger partial charge in [0.2, 0.25) is 0 Å². The Morgan fingerprint density at radius 3 is 2.17 bits per heavy atom. The molecule has 0 saturated heterocycles. The number of amides is 2. The summed E-state index contributed by atoms with van der Waals surface area (Å²) in [5.74, 6) is -0.581. The van der Waals surface area contributed by atoms with E-state index in [2.05, 4.69) is 0 Å². The number of aromatic nitrogens is 1. The van der Waals surface area contributed by atoms with E-state index in [1.807, 2.05) is 24.6 Å². The first kappa shape index (κ1) is 14.0. The Morgan fingerprint density at radius 1 is 0.957 bits per heavy atom. The molecule has 4 nitrogen and oxygen atoms in total. The molecule has 0 radical (unpaired) electrons. The second-order valence-corrected chi connectivity index (χ2v) is 6.08. The van der Waals surface area contributed by atoms with Crippen LogP contribution in [0, 0.1) is 6.92 Å². The zero-order valence-corrected chi connectivity index (χ0v) is 13.4. The average molecular weight is 325 g/mol. The molecule has 1 aliphatic heterocycles. The van der Waals surface area contributed by atoms with Crippen LogP contribution in [0.5, 0.6) is 0 Å². The summed E-state index contributed by atoms with van der Waals surface area (Å²) in [6.07, 6.45) is 0. The van der Waals surface area contributed by atoms with Crippen molar-refractivity contribution in [3.63, 3.8) is 0 Å². The molecule has 0 N–H and O–H groups in total. The van der Waals surface area contributed by atoms with Crippen molar-refractivity contribution < 1.29 is 9.59 Å². The molecule has 2 aromatic carbocycles. The van der Waals surface area contributed by atoms with Gasteiger partial charge in [-0.3, -0.25) is 9.59 Å². The van der Waals surface area contributed by atoms with Gasteiger partial charge in [-0.25, -0.2) is 4.90 Å². The maximum absolute atomic E-state index is 12.8. The summed E-state index contributed by atoms with van der Waals surface area (Å²) >= 11 is 6.12. The summed E-state index contributed by atoms with van der Waals surface area (Å²) in [4.78, 5) is 26.8. The molecular weight excluding hydrogens is 312 g/mol. The van der Waals surface area contributed by atoms with Crippen LogP contribution in [0.25, 0.3) is 10.9 Å². The summed E-state index contributed by atoms with van der Waals surface area (Å²) in [5.41, 5.74) is 3.26. The second-order valence-electron chi connectivity index (χ2n) is 5.65. The summed E-state index contributed by atoms with van der Waals surface area (Å²) in [5, 5.41) is 1.37. The van der Waals surface area contributed by atoms with Crippen LogP contribution in [0.1, 0.15) is 26.4 Å². The standard InChI is InChI=1S/C18H13ClN2O2/c1-10-16(14-9-11(19)7-8-15(14)20(10)2)21-17(22)12-5-3-4-6-13(12)18(21)23/h3-9H,1-2H3. The Morgan fingerprint density at radius 2 is 1.57 bits per heavy atom. The van der Waals surface area contributed by atoms with Gasteiger partial charge in [-0.05, 0) is 37.3 Å². The van der Waals surface area contributed by atoms with E-state index in [0.717, 1.165) is 16.6 Å². The lowest BCUT2D eigenvalue weighted by atomic mass is 10.1. The van der Waals surface area contributed by atoms with Gasteiger partial charge in [0, 0.05) is 23.2 Å². The van der Waals surface area contributed by atoms with E-state index >= 15 is 0 Å². The highest BCUT2D eigenvalue weighted by Crippen LogP contribution is 2.38. The van der Waals surface area contributed by atoms with E-state index < -0.39 is 0 Å². The van der Waals surface area contributed by atoms with Gasteiger partial charge < -0.3 is 4.57 Å². The topological polar surface area (TPSA) is 42.3 Å². The van der Waals surface area contributed by atoms with E-state index in [-0.39, 0.29) is 11.8 Å². The number of imide groups is 1. The van der Waals surface area contributed by atoms with Gasteiger partial charge in [0.25, 0.3) is 11.8 Å². The predicted octanol–water partition coefficient (Wildman–Crippen LogP) is 3.94. The molecule has 114 valence electrons.